The van der Waals surface area contributed by atoms with Crippen molar-refractivity contribution in [3.63, 3.8) is 0 Å². The lowest BCUT2D eigenvalue weighted by Gasteiger charge is -2.37. The van der Waals surface area contributed by atoms with Gasteiger partial charge in [0.05, 0.1) is 24.9 Å². The van der Waals surface area contributed by atoms with Crippen molar-refractivity contribution < 1.29 is 23.9 Å². The van der Waals surface area contributed by atoms with Crippen LogP contribution in [0.1, 0.15) is 44.1 Å². The summed E-state index contributed by atoms with van der Waals surface area (Å²) in [5.41, 5.74) is 11.8. The maximum absolute atomic E-state index is 13.4. The summed E-state index contributed by atoms with van der Waals surface area (Å²) in [6, 6.07) is 8.43. The van der Waals surface area contributed by atoms with Crippen molar-refractivity contribution in [1.29, 1.82) is 0 Å². The molecule has 0 saturated carbocycles. The van der Waals surface area contributed by atoms with E-state index in [1.54, 1.807) is 16.7 Å². The minimum atomic E-state index is -0.805. The molecule has 2 unspecified atom stereocenters. The Hall–Kier alpha value is -3.08. The van der Waals surface area contributed by atoms with Crippen LogP contribution in [0.15, 0.2) is 35.3 Å². The van der Waals surface area contributed by atoms with Crippen molar-refractivity contribution in [3.05, 3.63) is 35.9 Å². The van der Waals surface area contributed by atoms with Gasteiger partial charge < -0.3 is 26.4 Å². The quantitative estimate of drug-likeness (QED) is 0.160. The van der Waals surface area contributed by atoms with E-state index in [2.05, 4.69) is 15.0 Å². The number of hydrogen-bond donors (Lipinski definition) is 3. The third-order valence-electron chi connectivity index (χ3n) is 6.54. The zero-order valence-corrected chi connectivity index (χ0v) is 21.4. The Kier molecular flexibility index (Phi) is 10.2. The highest BCUT2D eigenvalue weighted by Crippen LogP contribution is 2.39. The van der Waals surface area contributed by atoms with Gasteiger partial charge in [0.25, 0.3) is 0 Å². The minimum absolute atomic E-state index is 0.0124. The molecule has 0 spiro atoms. The number of esters is 1. The number of fused-ring (bicyclic) bond motifs is 1. The first kappa shape index (κ1) is 27.5. The van der Waals surface area contributed by atoms with Crippen LogP contribution in [-0.2, 0) is 30.3 Å². The van der Waals surface area contributed by atoms with Crippen molar-refractivity contribution in [2.45, 2.75) is 62.4 Å². The van der Waals surface area contributed by atoms with Gasteiger partial charge in [-0.25, -0.2) is 0 Å². The van der Waals surface area contributed by atoms with Gasteiger partial charge in [-0.15, -0.1) is 11.8 Å². The fourth-order valence-electron chi connectivity index (χ4n) is 4.64. The SMILES string of the molecule is COC(=O)CCC(=O)C(CCCN=C(N)N)NC(=O)[C@@H]1CSC2CC[C@@H](Cc3ccccc3)C(=O)N21. The number of carbonyl (C=O) groups is 4. The Morgan fingerprint density at radius 2 is 1.94 bits per heavy atom. The van der Waals surface area contributed by atoms with Gasteiger partial charge in [-0.1, -0.05) is 30.3 Å². The van der Waals surface area contributed by atoms with E-state index >= 15 is 0 Å². The van der Waals surface area contributed by atoms with E-state index in [-0.39, 0.29) is 47.7 Å². The molecule has 10 nitrogen and oxygen atoms in total. The highest BCUT2D eigenvalue weighted by Gasteiger charge is 2.46. The van der Waals surface area contributed by atoms with E-state index in [0.717, 1.165) is 18.4 Å². The fourth-order valence-corrected chi connectivity index (χ4v) is 6.07. The molecule has 196 valence electrons. The van der Waals surface area contributed by atoms with Gasteiger partial charge in [0, 0.05) is 24.6 Å². The molecule has 2 aliphatic rings. The van der Waals surface area contributed by atoms with Crippen LogP contribution in [0.5, 0.6) is 0 Å². The van der Waals surface area contributed by atoms with E-state index in [0.29, 0.717) is 31.6 Å². The van der Waals surface area contributed by atoms with E-state index in [4.69, 9.17) is 11.5 Å². The van der Waals surface area contributed by atoms with Crippen LogP contribution in [0.2, 0.25) is 0 Å². The third kappa shape index (κ3) is 7.46. The number of rotatable bonds is 12. The number of guanidine groups is 1. The number of Topliss-reactive ketones (excluding diaryl/α,β-unsaturated/α-hetero) is 1. The molecule has 5 N–H and O–H groups in total. The molecule has 36 heavy (non-hydrogen) atoms. The second-order valence-corrected chi connectivity index (χ2v) is 10.3. The van der Waals surface area contributed by atoms with E-state index in [1.807, 2.05) is 30.3 Å². The lowest BCUT2D eigenvalue weighted by molar-refractivity contribution is -0.146. The van der Waals surface area contributed by atoms with Gasteiger partial charge in [0.2, 0.25) is 11.8 Å². The van der Waals surface area contributed by atoms with Gasteiger partial charge >= 0.3 is 5.97 Å². The molecule has 1 aromatic carbocycles. The summed E-state index contributed by atoms with van der Waals surface area (Å²) in [5, 5.41) is 2.82. The summed E-state index contributed by atoms with van der Waals surface area (Å²) >= 11 is 1.60. The molecule has 3 rings (SSSR count). The summed E-state index contributed by atoms with van der Waals surface area (Å²) < 4.78 is 4.62. The van der Waals surface area contributed by atoms with Gasteiger partial charge in [0.15, 0.2) is 11.7 Å². The summed E-state index contributed by atoms with van der Waals surface area (Å²) in [7, 11) is 1.26. The number of ketones is 1. The normalized spacial score (nSPS) is 21.9. The number of nitrogens with zero attached hydrogens (tertiary/aromatic N) is 2. The number of ether oxygens (including phenoxy) is 1. The lowest BCUT2D eigenvalue weighted by Crippen LogP contribution is -2.56. The molecular formula is C25H35N5O5S. The monoisotopic (exact) mass is 517 g/mol. The number of benzene rings is 1. The predicted octanol–water partition coefficient (Wildman–Crippen LogP) is 0.970. The molecule has 11 heteroatoms. The maximum Gasteiger partial charge on any atom is 0.305 e. The number of nitrogens with one attached hydrogen (secondary N) is 1. The number of piperidine rings is 1. The van der Waals surface area contributed by atoms with Crippen molar-refractivity contribution >= 4 is 41.3 Å². The predicted molar refractivity (Wildman–Crippen MR) is 138 cm³/mol. The van der Waals surface area contributed by atoms with Crippen LogP contribution in [-0.4, -0.2) is 71.3 Å². The zero-order valence-electron chi connectivity index (χ0n) is 20.6. The third-order valence-corrected chi connectivity index (χ3v) is 7.90. The lowest BCUT2D eigenvalue weighted by atomic mass is 9.89. The highest BCUT2D eigenvalue weighted by molar-refractivity contribution is 8.00. The number of amides is 2. The van der Waals surface area contributed by atoms with Crippen molar-refractivity contribution in [1.82, 2.24) is 10.2 Å². The number of thioether (sulfide) groups is 1. The Balaban J connectivity index is 1.66. The second kappa shape index (κ2) is 13.3. The Bertz CT molecular complexity index is 969. The summed E-state index contributed by atoms with van der Waals surface area (Å²) in [5.74, 6) is -0.861. The highest BCUT2D eigenvalue weighted by atomic mass is 32.2. The number of aliphatic imine (C=N–C) groups is 1. The number of carbonyl (C=O) groups excluding carboxylic acids is 4. The zero-order chi connectivity index (χ0) is 26.1. The van der Waals surface area contributed by atoms with Gasteiger partial charge in [-0.3, -0.25) is 24.2 Å². The van der Waals surface area contributed by atoms with Crippen LogP contribution >= 0.6 is 11.8 Å². The van der Waals surface area contributed by atoms with Gasteiger partial charge in [0.1, 0.15) is 6.04 Å². The topological polar surface area (TPSA) is 157 Å². The molecule has 4 atom stereocenters. The molecule has 1 aromatic rings. The van der Waals surface area contributed by atoms with Crippen molar-refractivity contribution in [2.24, 2.45) is 22.4 Å². The molecular weight excluding hydrogens is 482 g/mol. The van der Waals surface area contributed by atoms with Crippen LogP contribution in [0.3, 0.4) is 0 Å². The van der Waals surface area contributed by atoms with Crippen molar-refractivity contribution in [2.75, 3.05) is 19.4 Å². The smallest absolute Gasteiger partial charge is 0.305 e. The van der Waals surface area contributed by atoms with E-state index in [1.165, 1.54) is 7.11 Å². The molecule has 2 heterocycles. The van der Waals surface area contributed by atoms with Crippen LogP contribution < -0.4 is 16.8 Å². The molecule has 0 aliphatic carbocycles. The average Bonchev–Trinajstić information content (AvgIpc) is 3.31. The minimum Gasteiger partial charge on any atom is -0.469 e. The van der Waals surface area contributed by atoms with Gasteiger partial charge in [-0.2, -0.15) is 0 Å². The van der Waals surface area contributed by atoms with Gasteiger partial charge in [-0.05, 0) is 37.7 Å². The van der Waals surface area contributed by atoms with Crippen LogP contribution in [0.25, 0.3) is 0 Å². The standard InChI is InChI=1S/C25H35N5O5S/c1-35-22(32)12-10-20(31)18(8-5-13-28-25(26)27)29-23(33)19-15-36-21-11-9-17(24(34)30(19)21)14-16-6-3-2-4-7-16/h2-4,6-7,17-19,21H,5,8-15H2,1H3,(H,29,33)(H4,26,27,28)/t17-,18?,19-,21?/m0/s1. The average molecular weight is 518 g/mol. The molecule has 2 fully saturated rings. The Labute approximate surface area is 215 Å². The number of hydrogen-bond acceptors (Lipinski definition) is 7. The molecule has 2 saturated heterocycles. The van der Waals surface area contributed by atoms with Crippen molar-refractivity contribution in [3.8, 4) is 0 Å². The molecule has 0 aromatic heterocycles. The first-order chi connectivity index (χ1) is 17.3. The fraction of sp³-hybridized carbons (Fsp3) is 0.560. The Morgan fingerprint density at radius 3 is 2.64 bits per heavy atom. The molecule has 2 amide bonds. The maximum atomic E-state index is 13.4. The first-order valence-electron chi connectivity index (χ1n) is 12.2. The van der Waals surface area contributed by atoms with E-state index in [9.17, 15) is 19.2 Å². The summed E-state index contributed by atoms with van der Waals surface area (Å²) in [6.07, 6.45) is 2.92. The molecule has 2 aliphatic heterocycles. The Morgan fingerprint density at radius 1 is 1.19 bits per heavy atom. The van der Waals surface area contributed by atoms with Crippen LogP contribution in [0.4, 0.5) is 0 Å². The molecule has 0 bridgehead atoms. The summed E-state index contributed by atoms with van der Waals surface area (Å²) in [4.78, 5) is 56.7. The van der Waals surface area contributed by atoms with Crippen LogP contribution in [0, 0.1) is 5.92 Å². The summed E-state index contributed by atoms with van der Waals surface area (Å²) in [6.45, 7) is 0.312. The van der Waals surface area contributed by atoms with E-state index < -0.39 is 18.1 Å². The largest absolute Gasteiger partial charge is 0.469 e. The molecule has 0 radical (unpaired) electrons. The first-order valence-corrected chi connectivity index (χ1v) is 13.3. The number of methoxy groups -OCH3 is 1. The number of nitrogens with two attached hydrogens (primary N) is 2. The second-order valence-electron chi connectivity index (χ2n) is 9.07.